The quantitative estimate of drug-likeness (QED) is 0.719. The first kappa shape index (κ1) is 19.8. The monoisotopic (exact) mass is 391 g/mol. The van der Waals surface area contributed by atoms with E-state index in [0.717, 1.165) is 17.5 Å². The molecule has 150 valence electrons. The Hall–Kier alpha value is -2.94. The summed E-state index contributed by atoms with van der Waals surface area (Å²) in [7, 11) is 1.58. The van der Waals surface area contributed by atoms with E-state index in [1.165, 1.54) is 6.92 Å². The van der Waals surface area contributed by atoms with E-state index in [2.05, 4.69) is 15.3 Å². The van der Waals surface area contributed by atoms with Crippen molar-refractivity contribution in [3.8, 4) is 11.6 Å². The van der Waals surface area contributed by atoms with Crippen molar-refractivity contribution in [3.05, 3.63) is 41.8 Å². The third-order valence-corrected chi connectivity index (χ3v) is 4.18. The second kappa shape index (κ2) is 9.32. The normalized spacial score (nSPS) is 19.0. The number of hydrogen-bond acceptors (Lipinski definition) is 8. The van der Waals surface area contributed by atoms with Gasteiger partial charge in [-0.05, 0) is 24.1 Å². The van der Waals surface area contributed by atoms with Gasteiger partial charge in [0.1, 0.15) is 18.5 Å². The van der Waals surface area contributed by atoms with E-state index in [1.54, 1.807) is 19.2 Å². The Morgan fingerprint density at radius 1 is 1.36 bits per heavy atom. The van der Waals surface area contributed by atoms with Crippen LogP contribution in [0, 0.1) is 5.82 Å². The molecule has 1 aromatic heterocycles. The number of ether oxygens (including phenoxy) is 4. The maximum Gasteiger partial charge on any atom is 0.303 e. The number of carbonyl (C=O) groups is 1. The zero-order valence-electron chi connectivity index (χ0n) is 15.7. The van der Waals surface area contributed by atoms with E-state index in [4.69, 9.17) is 18.9 Å². The molecule has 0 spiro atoms. The highest BCUT2D eigenvalue weighted by atomic mass is 19.1. The summed E-state index contributed by atoms with van der Waals surface area (Å²) >= 11 is 0. The molecule has 1 aromatic carbocycles. The Balaban J connectivity index is 1.65. The van der Waals surface area contributed by atoms with Crippen molar-refractivity contribution in [3.63, 3.8) is 0 Å². The molecule has 0 radical (unpaired) electrons. The first-order chi connectivity index (χ1) is 13.5. The molecule has 3 rings (SSSR count). The molecule has 0 aliphatic carbocycles. The van der Waals surface area contributed by atoms with Gasteiger partial charge in [0, 0.05) is 13.5 Å². The van der Waals surface area contributed by atoms with Crippen molar-refractivity contribution in [1.29, 1.82) is 0 Å². The Labute approximate surface area is 162 Å². The van der Waals surface area contributed by atoms with E-state index in [-0.39, 0.29) is 31.1 Å². The van der Waals surface area contributed by atoms with Crippen LogP contribution in [0.2, 0.25) is 0 Å². The average molecular weight is 391 g/mol. The summed E-state index contributed by atoms with van der Waals surface area (Å²) in [4.78, 5) is 19.3. The number of hydrogen-bond donors (Lipinski definition) is 1. The van der Waals surface area contributed by atoms with Gasteiger partial charge in [0.25, 0.3) is 5.88 Å². The third kappa shape index (κ3) is 5.29. The van der Waals surface area contributed by atoms with Crippen LogP contribution in [0.4, 0.5) is 10.3 Å². The number of benzene rings is 1. The summed E-state index contributed by atoms with van der Waals surface area (Å²) in [5.41, 5.74) is 0.840. The molecule has 2 aromatic rings. The number of aromatic nitrogens is 2. The van der Waals surface area contributed by atoms with Crippen LogP contribution in [-0.4, -0.2) is 48.4 Å². The average Bonchev–Trinajstić information content (AvgIpc) is 2.70. The fourth-order valence-corrected chi connectivity index (χ4v) is 2.77. The minimum absolute atomic E-state index is 0.144. The summed E-state index contributed by atoms with van der Waals surface area (Å²) in [6, 6.07) is 6.99. The molecular formula is C19H22FN3O5. The lowest BCUT2D eigenvalue weighted by Crippen LogP contribution is -2.44. The smallest absolute Gasteiger partial charge is 0.303 e. The summed E-state index contributed by atoms with van der Waals surface area (Å²) in [5.74, 6) is -0.310. The number of nitrogens with one attached hydrogen (secondary N) is 1. The van der Waals surface area contributed by atoms with Crippen molar-refractivity contribution >= 4 is 11.9 Å². The van der Waals surface area contributed by atoms with Crippen LogP contribution in [0.5, 0.6) is 11.6 Å². The Bertz CT molecular complexity index is 803. The van der Waals surface area contributed by atoms with Crippen LogP contribution < -0.4 is 14.8 Å². The molecule has 0 bridgehead atoms. The van der Waals surface area contributed by atoms with Crippen molar-refractivity contribution < 1.29 is 28.1 Å². The van der Waals surface area contributed by atoms with Crippen molar-refractivity contribution in [1.82, 2.24) is 9.97 Å². The maximum atomic E-state index is 14.0. The molecule has 1 N–H and O–H groups in total. The summed E-state index contributed by atoms with van der Waals surface area (Å²) < 4.78 is 35.2. The van der Waals surface area contributed by atoms with Crippen LogP contribution in [0.15, 0.2) is 30.5 Å². The van der Waals surface area contributed by atoms with Gasteiger partial charge in [0.05, 0.1) is 26.0 Å². The fraction of sp³-hybridized carbons (Fsp3) is 0.421. The minimum Gasteiger partial charge on any atom is -0.497 e. The number of carbonyl (C=O) groups excluding carboxylic acids is 1. The molecule has 1 saturated heterocycles. The SMILES string of the molecule is COc1ccc(COc2nc(N[C@@H]3CCOC[C@H]3OC(C)=O)ncc2F)cc1. The highest BCUT2D eigenvalue weighted by Gasteiger charge is 2.29. The Kier molecular flexibility index (Phi) is 6.59. The molecule has 2 atom stereocenters. The molecule has 1 aliphatic rings. The minimum atomic E-state index is -0.664. The van der Waals surface area contributed by atoms with Crippen molar-refractivity contribution in [2.24, 2.45) is 0 Å². The highest BCUT2D eigenvalue weighted by molar-refractivity contribution is 5.66. The van der Waals surface area contributed by atoms with Gasteiger partial charge in [-0.1, -0.05) is 12.1 Å². The number of rotatable bonds is 7. The van der Waals surface area contributed by atoms with Crippen molar-refractivity contribution in [2.75, 3.05) is 25.6 Å². The topological polar surface area (TPSA) is 91.8 Å². The predicted molar refractivity (Wildman–Crippen MR) is 97.7 cm³/mol. The second-order valence-corrected chi connectivity index (χ2v) is 6.25. The van der Waals surface area contributed by atoms with Gasteiger partial charge in [-0.3, -0.25) is 4.79 Å². The standard InChI is InChI=1S/C19H22FN3O5/c1-12(24)28-17-11-26-8-7-16(17)22-19-21-9-15(20)18(23-19)27-10-13-3-5-14(25-2)6-4-13/h3-6,9,16-17H,7-8,10-11H2,1-2H3,(H,21,22,23)/t16-,17-/m1/s1. The van der Waals surface area contributed by atoms with Gasteiger partial charge < -0.3 is 24.3 Å². The molecule has 2 heterocycles. The molecule has 1 fully saturated rings. The fourth-order valence-electron chi connectivity index (χ4n) is 2.77. The van der Waals surface area contributed by atoms with Gasteiger partial charge in [0.15, 0.2) is 0 Å². The van der Waals surface area contributed by atoms with Gasteiger partial charge >= 0.3 is 5.97 Å². The van der Waals surface area contributed by atoms with Crippen molar-refractivity contribution in [2.45, 2.75) is 32.1 Å². The molecule has 28 heavy (non-hydrogen) atoms. The molecule has 1 aliphatic heterocycles. The van der Waals surface area contributed by atoms with E-state index in [9.17, 15) is 9.18 Å². The second-order valence-electron chi connectivity index (χ2n) is 6.25. The van der Waals surface area contributed by atoms with Gasteiger partial charge in [-0.2, -0.15) is 9.37 Å². The van der Waals surface area contributed by atoms with Gasteiger partial charge in [0.2, 0.25) is 11.8 Å². The first-order valence-electron chi connectivity index (χ1n) is 8.85. The number of methoxy groups -OCH3 is 1. The largest absolute Gasteiger partial charge is 0.497 e. The maximum absolute atomic E-state index is 14.0. The van der Waals surface area contributed by atoms with E-state index in [0.29, 0.717) is 13.0 Å². The first-order valence-corrected chi connectivity index (χ1v) is 8.85. The zero-order chi connectivity index (χ0) is 19.9. The number of esters is 1. The summed E-state index contributed by atoms with van der Waals surface area (Å²) in [6.45, 7) is 2.27. The van der Waals surface area contributed by atoms with Crippen LogP contribution in [0.1, 0.15) is 18.9 Å². The van der Waals surface area contributed by atoms with Crippen LogP contribution in [-0.2, 0) is 20.9 Å². The predicted octanol–water partition coefficient (Wildman–Crippen LogP) is 2.34. The highest BCUT2D eigenvalue weighted by Crippen LogP contribution is 2.20. The molecule has 0 saturated carbocycles. The molecule has 9 heteroatoms. The molecule has 0 unspecified atom stereocenters. The van der Waals surface area contributed by atoms with Gasteiger partial charge in [-0.15, -0.1) is 0 Å². The van der Waals surface area contributed by atoms with E-state index >= 15 is 0 Å². The van der Waals surface area contributed by atoms with Crippen LogP contribution >= 0.6 is 0 Å². The number of nitrogens with zero attached hydrogens (tertiary/aromatic N) is 2. The van der Waals surface area contributed by atoms with E-state index in [1.807, 2.05) is 12.1 Å². The van der Waals surface area contributed by atoms with E-state index < -0.39 is 17.9 Å². The Morgan fingerprint density at radius 2 is 2.14 bits per heavy atom. The molecule has 0 amide bonds. The molecule has 8 nitrogen and oxygen atoms in total. The lowest BCUT2D eigenvalue weighted by Gasteiger charge is -2.31. The lowest BCUT2D eigenvalue weighted by molar-refractivity contribution is -0.153. The number of anilines is 1. The molecular weight excluding hydrogens is 369 g/mol. The zero-order valence-corrected chi connectivity index (χ0v) is 15.7. The van der Waals surface area contributed by atoms with Crippen LogP contribution in [0.3, 0.4) is 0 Å². The third-order valence-electron chi connectivity index (χ3n) is 4.18. The summed E-state index contributed by atoms with van der Waals surface area (Å²) in [6.07, 6.45) is 1.17. The summed E-state index contributed by atoms with van der Waals surface area (Å²) in [5, 5.41) is 3.07. The number of halogens is 1. The van der Waals surface area contributed by atoms with Crippen LogP contribution in [0.25, 0.3) is 0 Å². The Morgan fingerprint density at radius 3 is 2.86 bits per heavy atom. The van der Waals surface area contributed by atoms with Gasteiger partial charge in [-0.25, -0.2) is 4.98 Å². The lowest BCUT2D eigenvalue weighted by atomic mass is 10.1.